The Labute approximate surface area is 211 Å². The van der Waals surface area contributed by atoms with Gasteiger partial charge < -0.3 is 14.3 Å². The molecule has 1 aliphatic rings. The molecule has 1 aromatic carbocycles. The quantitative estimate of drug-likeness (QED) is 0.368. The fourth-order valence-corrected chi connectivity index (χ4v) is 5.56. The van der Waals surface area contributed by atoms with Gasteiger partial charge in [-0.25, -0.2) is 9.37 Å². The summed E-state index contributed by atoms with van der Waals surface area (Å²) in [5.41, 5.74) is 3.22. The molecule has 0 amide bonds. The van der Waals surface area contributed by atoms with Crippen molar-refractivity contribution in [2.24, 2.45) is 7.05 Å². The first-order valence-corrected chi connectivity index (χ1v) is 12.4. The Morgan fingerprint density at radius 3 is 2.50 bits per heavy atom. The summed E-state index contributed by atoms with van der Waals surface area (Å²) in [5.74, 6) is -0.0688. The van der Waals surface area contributed by atoms with Crippen LogP contribution >= 0.6 is 11.3 Å². The number of rotatable bonds is 4. The lowest BCUT2D eigenvalue weighted by molar-refractivity contribution is 0.128. The molecule has 5 rings (SSSR count). The van der Waals surface area contributed by atoms with E-state index in [1.165, 1.54) is 16.7 Å². The molecule has 1 unspecified atom stereocenters. The van der Waals surface area contributed by atoms with Gasteiger partial charge in [0.05, 0.1) is 22.9 Å². The lowest BCUT2D eigenvalue weighted by atomic mass is 9.97. The summed E-state index contributed by atoms with van der Waals surface area (Å²) in [6.45, 7) is 12.7. The standard InChI is InChI=1S/C26H24F2N6OS/c1-15-13-34(25(19-14-36-26(28)30-19)17-5-7-18(27)8-6-17)16(2)12-33(15)21-11-23(35)32(4)20-9-10-22(29-3)31-24(20)21/h5-11,14-16,25H,12-13H2,1-2,4H3/t15-,16+,25?/m0/s1. The topological polar surface area (TPSA) is 58.6 Å². The van der Waals surface area contributed by atoms with E-state index in [2.05, 4.69) is 38.5 Å². The maximum absolute atomic E-state index is 13.9. The summed E-state index contributed by atoms with van der Waals surface area (Å²) in [6.07, 6.45) is 0. The number of pyridine rings is 2. The van der Waals surface area contributed by atoms with Crippen molar-refractivity contribution in [3.63, 3.8) is 0 Å². The van der Waals surface area contributed by atoms with Crippen LogP contribution in [-0.2, 0) is 7.05 Å². The summed E-state index contributed by atoms with van der Waals surface area (Å²) in [7, 11) is 1.69. The van der Waals surface area contributed by atoms with Crippen LogP contribution in [0.15, 0.2) is 52.6 Å². The third kappa shape index (κ3) is 4.25. The Morgan fingerprint density at radius 1 is 1.08 bits per heavy atom. The summed E-state index contributed by atoms with van der Waals surface area (Å²) >= 11 is 0.943. The third-order valence-electron chi connectivity index (χ3n) is 6.80. The van der Waals surface area contributed by atoms with E-state index in [4.69, 9.17) is 6.57 Å². The second-order valence-electron chi connectivity index (χ2n) is 9.10. The van der Waals surface area contributed by atoms with Crippen LogP contribution in [0.5, 0.6) is 0 Å². The highest BCUT2D eigenvalue weighted by molar-refractivity contribution is 7.08. The summed E-state index contributed by atoms with van der Waals surface area (Å²) in [6, 6.07) is 10.8. The molecule has 1 saturated heterocycles. The minimum absolute atomic E-state index is 0.0239. The second-order valence-corrected chi connectivity index (χ2v) is 9.91. The van der Waals surface area contributed by atoms with Crippen LogP contribution < -0.4 is 10.5 Å². The smallest absolute Gasteiger partial charge is 0.270 e. The minimum atomic E-state index is -0.510. The van der Waals surface area contributed by atoms with E-state index in [0.717, 1.165) is 16.9 Å². The van der Waals surface area contributed by atoms with E-state index in [9.17, 15) is 13.6 Å². The van der Waals surface area contributed by atoms with Gasteiger partial charge in [0.1, 0.15) is 5.82 Å². The zero-order valence-corrected chi connectivity index (χ0v) is 20.8. The molecule has 0 N–H and O–H groups in total. The largest absolute Gasteiger partial charge is 0.362 e. The SMILES string of the molecule is [C-]#[N+]c1ccc2c(n1)c(N1C[C@@H](C)N(C(c3ccc(F)cc3)c3csc(F)n3)C[C@@H]1C)cc(=O)n2C. The average Bonchev–Trinajstić information content (AvgIpc) is 3.30. The number of benzene rings is 1. The van der Waals surface area contributed by atoms with Gasteiger partial charge in [-0.05, 0) is 43.7 Å². The highest BCUT2D eigenvalue weighted by atomic mass is 32.1. The van der Waals surface area contributed by atoms with Crippen molar-refractivity contribution in [1.82, 2.24) is 19.4 Å². The molecule has 3 atom stereocenters. The molecular weight excluding hydrogens is 482 g/mol. The number of piperazine rings is 1. The van der Waals surface area contributed by atoms with Gasteiger partial charge in [-0.1, -0.05) is 30.0 Å². The molecule has 0 saturated carbocycles. The van der Waals surface area contributed by atoms with Crippen molar-refractivity contribution >= 4 is 33.9 Å². The van der Waals surface area contributed by atoms with Crippen molar-refractivity contribution in [1.29, 1.82) is 0 Å². The molecular formula is C26H24F2N6OS. The van der Waals surface area contributed by atoms with Crippen molar-refractivity contribution in [3.05, 3.63) is 92.0 Å². The van der Waals surface area contributed by atoms with Gasteiger partial charge in [0.15, 0.2) is 0 Å². The second kappa shape index (κ2) is 9.41. The van der Waals surface area contributed by atoms with Crippen molar-refractivity contribution in [2.45, 2.75) is 32.0 Å². The molecule has 36 heavy (non-hydrogen) atoms. The van der Waals surface area contributed by atoms with Gasteiger partial charge in [-0.2, -0.15) is 4.39 Å². The van der Waals surface area contributed by atoms with Gasteiger partial charge in [0.25, 0.3) is 16.6 Å². The van der Waals surface area contributed by atoms with E-state index in [1.807, 2.05) is 0 Å². The number of hydrogen-bond donors (Lipinski definition) is 0. The van der Waals surface area contributed by atoms with E-state index >= 15 is 0 Å². The van der Waals surface area contributed by atoms with E-state index < -0.39 is 5.26 Å². The number of halogens is 2. The molecule has 10 heteroatoms. The zero-order chi connectivity index (χ0) is 25.6. The molecule has 0 bridgehead atoms. The van der Waals surface area contributed by atoms with Gasteiger partial charge in [0.2, 0.25) is 5.52 Å². The number of nitrogens with zero attached hydrogens (tertiary/aromatic N) is 6. The van der Waals surface area contributed by atoms with Gasteiger partial charge in [-0.15, -0.1) is 4.98 Å². The molecule has 0 radical (unpaired) electrons. The van der Waals surface area contributed by atoms with Crippen LogP contribution in [0.2, 0.25) is 0 Å². The molecule has 0 aliphatic carbocycles. The minimum Gasteiger partial charge on any atom is -0.362 e. The highest BCUT2D eigenvalue weighted by Crippen LogP contribution is 2.36. The molecule has 1 fully saturated rings. The molecule has 7 nitrogen and oxygen atoms in total. The number of aromatic nitrogens is 3. The fourth-order valence-electron chi connectivity index (χ4n) is 5.00. The van der Waals surface area contributed by atoms with Crippen LogP contribution in [0.4, 0.5) is 20.3 Å². The maximum Gasteiger partial charge on any atom is 0.270 e. The van der Waals surface area contributed by atoms with Crippen molar-refractivity contribution in [3.8, 4) is 0 Å². The molecule has 3 aromatic heterocycles. The van der Waals surface area contributed by atoms with Crippen LogP contribution in [0.3, 0.4) is 0 Å². The molecule has 184 valence electrons. The number of hydrogen-bond acceptors (Lipinski definition) is 6. The molecule has 0 spiro atoms. The predicted molar refractivity (Wildman–Crippen MR) is 137 cm³/mol. The fraction of sp³-hybridized carbons (Fsp3) is 0.308. The summed E-state index contributed by atoms with van der Waals surface area (Å²) < 4.78 is 29.1. The van der Waals surface area contributed by atoms with Gasteiger partial charge in [-0.3, -0.25) is 9.69 Å². The first-order chi connectivity index (χ1) is 17.3. The van der Waals surface area contributed by atoms with E-state index in [-0.39, 0.29) is 35.3 Å². The van der Waals surface area contributed by atoms with Crippen LogP contribution in [0.1, 0.15) is 31.1 Å². The predicted octanol–water partition coefficient (Wildman–Crippen LogP) is 4.91. The normalized spacial score (nSPS) is 19.4. The zero-order valence-electron chi connectivity index (χ0n) is 20.0. The lowest BCUT2D eigenvalue weighted by Gasteiger charge is -2.48. The Kier molecular flexibility index (Phi) is 6.28. The number of aryl methyl sites for hydroxylation is 1. The van der Waals surface area contributed by atoms with Crippen LogP contribution in [0.25, 0.3) is 15.9 Å². The Morgan fingerprint density at radius 2 is 1.83 bits per heavy atom. The number of thiazole rings is 1. The number of fused-ring (bicyclic) bond motifs is 1. The molecule has 4 heterocycles. The van der Waals surface area contributed by atoms with Gasteiger partial charge >= 0.3 is 0 Å². The summed E-state index contributed by atoms with van der Waals surface area (Å²) in [4.78, 5) is 29.3. The average molecular weight is 507 g/mol. The van der Waals surface area contributed by atoms with E-state index in [0.29, 0.717) is 35.5 Å². The monoisotopic (exact) mass is 506 g/mol. The molecule has 4 aromatic rings. The third-order valence-corrected chi connectivity index (χ3v) is 7.45. The van der Waals surface area contributed by atoms with Crippen LogP contribution in [-0.4, -0.2) is 44.6 Å². The Bertz CT molecular complexity index is 1530. The number of anilines is 1. The first kappa shape index (κ1) is 24.0. The lowest BCUT2D eigenvalue weighted by Crippen LogP contribution is -2.57. The van der Waals surface area contributed by atoms with Crippen molar-refractivity contribution in [2.75, 3.05) is 18.0 Å². The van der Waals surface area contributed by atoms with Gasteiger partial charge in [0, 0.05) is 43.7 Å². The highest BCUT2D eigenvalue weighted by Gasteiger charge is 2.37. The Hall–Kier alpha value is -3.68. The van der Waals surface area contributed by atoms with Crippen LogP contribution in [0, 0.1) is 17.7 Å². The van der Waals surface area contributed by atoms with Crippen molar-refractivity contribution < 1.29 is 8.78 Å². The van der Waals surface area contributed by atoms with E-state index in [1.54, 1.807) is 42.8 Å². The first-order valence-electron chi connectivity index (χ1n) is 11.5. The Balaban J connectivity index is 1.55. The maximum atomic E-state index is 13.9. The molecule has 1 aliphatic heterocycles. The summed E-state index contributed by atoms with van der Waals surface area (Å²) in [5, 5.41) is 1.20.